The van der Waals surface area contributed by atoms with Gasteiger partial charge in [0.05, 0.1) is 5.69 Å². The van der Waals surface area contributed by atoms with E-state index in [1.165, 1.54) is 0 Å². The fourth-order valence-electron chi connectivity index (χ4n) is 2.74. The van der Waals surface area contributed by atoms with E-state index in [2.05, 4.69) is 42.0 Å². The van der Waals surface area contributed by atoms with Crippen LogP contribution in [0.2, 0.25) is 0 Å². The number of nitrogens with zero attached hydrogens (tertiary/aromatic N) is 4. The van der Waals surface area contributed by atoms with Gasteiger partial charge in [-0.3, -0.25) is 9.48 Å². The van der Waals surface area contributed by atoms with Crippen LogP contribution < -0.4 is 5.32 Å². The summed E-state index contributed by atoms with van der Waals surface area (Å²) in [5.74, 6) is 1.14. The van der Waals surface area contributed by atoms with Crippen molar-refractivity contribution in [2.75, 3.05) is 0 Å². The first kappa shape index (κ1) is 14.8. The van der Waals surface area contributed by atoms with E-state index in [-0.39, 0.29) is 23.9 Å². The van der Waals surface area contributed by atoms with Crippen molar-refractivity contribution in [2.45, 2.75) is 58.2 Å². The van der Waals surface area contributed by atoms with Crippen LogP contribution in [0.25, 0.3) is 0 Å². The maximum absolute atomic E-state index is 12.1. The van der Waals surface area contributed by atoms with Gasteiger partial charge in [-0.1, -0.05) is 20.8 Å². The van der Waals surface area contributed by atoms with Crippen LogP contribution in [0.3, 0.4) is 0 Å². The minimum Gasteiger partial charge on any atom is -0.350 e. The first-order valence-electron chi connectivity index (χ1n) is 7.75. The van der Waals surface area contributed by atoms with Gasteiger partial charge in [0.2, 0.25) is 5.91 Å². The number of hydrogen-bond donors (Lipinski definition) is 1. The zero-order valence-electron chi connectivity index (χ0n) is 13.4. The van der Waals surface area contributed by atoms with Crippen molar-refractivity contribution >= 4 is 5.91 Å². The number of amides is 1. The van der Waals surface area contributed by atoms with Gasteiger partial charge in [-0.2, -0.15) is 5.10 Å². The van der Waals surface area contributed by atoms with Crippen LogP contribution >= 0.6 is 0 Å². The Morgan fingerprint density at radius 2 is 2.27 bits per heavy atom. The molecule has 22 heavy (non-hydrogen) atoms. The number of nitrogens with one attached hydrogen (secondary N) is 1. The molecule has 0 saturated carbocycles. The van der Waals surface area contributed by atoms with Gasteiger partial charge >= 0.3 is 0 Å². The number of aryl methyl sites for hydroxylation is 1. The van der Waals surface area contributed by atoms with E-state index in [1.807, 2.05) is 6.07 Å². The number of fused-ring (bicyclic) bond motifs is 1. The molecule has 0 radical (unpaired) electrons. The molecule has 1 aliphatic rings. The Balaban J connectivity index is 1.62. The first-order valence-corrected chi connectivity index (χ1v) is 7.75. The molecule has 6 heteroatoms. The summed E-state index contributed by atoms with van der Waals surface area (Å²) in [6.45, 7) is 7.58. The lowest BCUT2D eigenvalue weighted by Gasteiger charge is -2.24. The average Bonchev–Trinajstić information content (AvgIpc) is 3.06. The number of aromatic nitrogens is 4. The molecular formula is C16H23N5O. The van der Waals surface area contributed by atoms with E-state index >= 15 is 0 Å². The van der Waals surface area contributed by atoms with Gasteiger partial charge < -0.3 is 9.88 Å². The van der Waals surface area contributed by atoms with Gasteiger partial charge in [-0.25, -0.2) is 4.98 Å². The van der Waals surface area contributed by atoms with Crippen molar-refractivity contribution in [3.8, 4) is 0 Å². The van der Waals surface area contributed by atoms with Gasteiger partial charge in [-0.15, -0.1) is 0 Å². The highest BCUT2D eigenvalue weighted by Gasteiger charge is 2.25. The maximum Gasteiger partial charge on any atom is 0.242 e. The zero-order valence-corrected chi connectivity index (χ0v) is 13.4. The fraction of sp³-hybridized carbons (Fsp3) is 0.562. The molecule has 0 spiro atoms. The molecule has 0 aromatic carbocycles. The van der Waals surface area contributed by atoms with Crippen LogP contribution in [0, 0.1) is 0 Å². The normalized spacial score (nSPS) is 18.0. The van der Waals surface area contributed by atoms with E-state index in [1.54, 1.807) is 17.1 Å². The van der Waals surface area contributed by atoms with Crippen molar-refractivity contribution < 1.29 is 4.79 Å². The SMILES string of the molecule is CC(C)(C)c1cn2c(n1)CC[C@@H](NC(=O)Cn1cccn1)C2. The number of hydrogen-bond acceptors (Lipinski definition) is 3. The van der Waals surface area contributed by atoms with E-state index < -0.39 is 0 Å². The Hall–Kier alpha value is -2.11. The lowest BCUT2D eigenvalue weighted by Crippen LogP contribution is -2.42. The molecule has 1 atom stereocenters. The van der Waals surface area contributed by atoms with Crippen LogP contribution in [0.5, 0.6) is 0 Å². The quantitative estimate of drug-likeness (QED) is 0.934. The zero-order chi connectivity index (χ0) is 15.7. The topological polar surface area (TPSA) is 64.7 Å². The van der Waals surface area contributed by atoms with Crippen molar-refractivity contribution in [3.63, 3.8) is 0 Å². The molecule has 0 fully saturated rings. The third-order valence-electron chi connectivity index (χ3n) is 3.99. The summed E-state index contributed by atoms with van der Waals surface area (Å²) < 4.78 is 3.82. The average molecular weight is 301 g/mol. The molecule has 6 nitrogen and oxygen atoms in total. The number of imidazole rings is 1. The Morgan fingerprint density at radius 1 is 1.45 bits per heavy atom. The van der Waals surface area contributed by atoms with Gasteiger partial charge in [-0.05, 0) is 12.5 Å². The summed E-state index contributed by atoms with van der Waals surface area (Å²) in [4.78, 5) is 16.8. The summed E-state index contributed by atoms with van der Waals surface area (Å²) >= 11 is 0. The van der Waals surface area contributed by atoms with E-state index in [9.17, 15) is 4.79 Å². The standard InChI is InChI=1S/C16H23N5O/c1-16(2,3)13-10-20-9-12(5-6-14(20)19-13)18-15(22)11-21-8-4-7-17-21/h4,7-8,10,12H,5-6,9,11H2,1-3H3,(H,18,22)/t12-/m1/s1. The monoisotopic (exact) mass is 301 g/mol. The van der Waals surface area contributed by atoms with Crippen LogP contribution in [-0.4, -0.2) is 31.3 Å². The highest BCUT2D eigenvalue weighted by Crippen LogP contribution is 2.24. The van der Waals surface area contributed by atoms with Gasteiger partial charge in [0.15, 0.2) is 0 Å². The minimum atomic E-state index is 0.00769. The Kier molecular flexibility index (Phi) is 3.76. The van der Waals surface area contributed by atoms with Crippen molar-refractivity contribution in [1.29, 1.82) is 0 Å². The maximum atomic E-state index is 12.1. The molecule has 118 valence electrons. The number of rotatable bonds is 3. The van der Waals surface area contributed by atoms with E-state index in [0.29, 0.717) is 0 Å². The molecule has 0 unspecified atom stereocenters. The lowest BCUT2D eigenvalue weighted by molar-refractivity contribution is -0.122. The molecule has 1 N–H and O–H groups in total. The molecule has 1 amide bonds. The molecule has 1 aliphatic heterocycles. The third kappa shape index (κ3) is 3.21. The minimum absolute atomic E-state index is 0.00769. The van der Waals surface area contributed by atoms with Crippen molar-refractivity contribution in [3.05, 3.63) is 36.2 Å². The van der Waals surface area contributed by atoms with E-state index in [0.717, 1.165) is 30.9 Å². The molecule has 0 aliphatic carbocycles. The molecule has 2 aromatic heterocycles. The summed E-state index contributed by atoms with van der Waals surface area (Å²) in [6, 6.07) is 1.98. The summed E-state index contributed by atoms with van der Waals surface area (Å²) in [6.07, 6.45) is 7.44. The number of carbonyl (C=O) groups excluding carboxylic acids is 1. The summed E-state index contributed by atoms with van der Waals surface area (Å²) in [5.41, 5.74) is 1.18. The highest BCUT2D eigenvalue weighted by atomic mass is 16.2. The second kappa shape index (κ2) is 5.59. The summed E-state index contributed by atoms with van der Waals surface area (Å²) in [5, 5.41) is 7.15. The predicted octanol–water partition coefficient (Wildman–Crippen LogP) is 1.51. The molecular weight excluding hydrogens is 278 g/mol. The molecule has 0 saturated heterocycles. The van der Waals surface area contributed by atoms with Gasteiger partial charge in [0.1, 0.15) is 12.4 Å². The van der Waals surface area contributed by atoms with E-state index in [4.69, 9.17) is 4.98 Å². The first-order chi connectivity index (χ1) is 10.4. The van der Waals surface area contributed by atoms with Gasteiger partial charge in [0, 0.05) is 43.0 Å². The smallest absolute Gasteiger partial charge is 0.242 e. The fourth-order valence-corrected chi connectivity index (χ4v) is 2.74. The second-order valence-electron chi connectivity index (χ2n) is 6.95. The Bertz CT molecular complexity index is 651. The molecule has 0 bridgehead atoms. The van der Waals surface area contributed by atoms with Crippen LogP contribution in [0.4, 0.5) is 0 Å². The molecule has 2 aromatic rings. The Morgan fingerprint density at radius 3 is 2.95 bits per heavy atom. The van der Waals surface area contributed by atoms with Crippen molar-refractivity contribution in [1.82, 2.24) is 24.6 Å². The third-order valence-corrected chi connectivity index (χ3v) is 3.99. The largest absolute Gasteiger partial charge is 0.350 e. The van der Waals surface area contributed by atoms with Crippen LogP contribution in [0.1, 0.15) is 38.7 Å². The molecule has 3 heterocycles. The van der Waals surface area contributed by atoms with Crippen LogP contribution in [0.15, 0.2) is 24.7 Å². The number of carbonyl (C=O) groups is 1. The van der Waals surface area contributed by atoms with Crippen molar-refractivity contribution in [2.24, 2.45) is 0 Å². The van der Waals surface area contributed by atoms with Gasteiger partial charge in [0.25, 0.3) is 0 Å². The summed E-state index contributed by atoms with van der Waals surface area (Å²) in [7, 11) is 0. The van der Waals surface area contributed by atoms with Crippen LogP contribution in [-0.2, 0) is 29.7 Å². The predicted molar refractivity (Wildman–Crippen MR) is 83.4 cm³/mol. The second-order valence-corrected chi connectivity index (χ2v) is 6.95. The Labute approximate surface area is 130 Å². The lowest BCUT2D eigenvalue weighted by atomic mass is 9.93. The highest BCUT2D eigenvalue weighted by molar-refractivity contribution is 5.75. The molecule has 3 rings (SSSR count).